The van der Waals surface area contributed by atoms with Crippen molar-refractivity contribution in [2.75, 3.05) is 14.2 Å². The largest absolute Gasteiger partial charge is 0.466 e. The van der Waals surface area contributed by atoms with Crippen LogP contribution in [0.5, 0.6) is 0 Å². The van der Waals surface area contributed by atoms with E-state index in [0.29, 0.717) is 12.1 Å². The van der Waals surface area contributed by atoms with Crippen LogP contribution < -0.4 is 0 Å². The van der Waals surface area contributed by atoms with Gasteiger partial charge in [-0.15, -0.1) is 0 Å². The lowest BCUT2D eigenvalue weighted by atomic mass is 9.91. The van der Waals surface area contributed by atoms with E-state index in [4.69, 9.17) is 0 Å². The van der Waals surface area contributed by atoms with Gasteiger partial charge in [-0.2, -0.15) is 0 Å². The highest BCUT2D eigenvalue weighted by Gasteiger charge is 2.21. The summed E-state index contributed by atoms with van der Waals surface area (Å²) in [5.74, 6) is -0.431. The van der Waals surface area contributed by atoms with Gasteiger partial charge in [0.2, 0.25) is 0 Å². The number of carbonyl (C=O) groups is 2. The maximum absolute atomic E-state index is 12.9. The molecule has 0 saturated carbocycles. The van der Waals surface area contributed by atoms with Crippen LogP contribution in [0, 0.1) is 5.92 Å². The van der Waals surface area contributed by atoms with Crippen molar-refractivity contribution >= 4 is 22.7 Å². The van der Waals surface area contributed by atoms with Gasteiger partial charge >= 0.3 is 5.97 Å². The minimum atomic E-state index is -0.415. The molecule has 0 amide bonds. The fourth-order valence-electron chi connectivity index (χ4n) is 3.17. The lowest BCUT2D eigenvalue weighted by molar-refractivity contribution is -0.134. The third-order valence-electron chi connectivity index (χ3n) is 4.59. The molecule has 0 saturated heterocycles. The van der Waals surface area contributed by atoms with E-state index in [9.17, 15) is 9.59 Å². The van der Waals surface area contributed by atoms with Gasteiger partial charge in [0.25, 0.3) is 0 Å². The summed E-state index contributed by atoms with van der Waals surface area (Å²) in [6, 6.07) is 9.88. The first-order valence-corrected chi connectivity index (χ1v) is 8.45. The van der Waals surface area contributed by atoms with E-state index >= 15 is 0 Å². The maximum atomic E-state index is 12.9. The number of allylic oxidation sites excluding steroid dienone is 3. The molecule has 1 aliphatic rings. The SMILES string of the molecule is COC(=O)/C=C/C1=CN(C)C=CC1CC(=O)c1cc2ccccc2n1C. The summed E-state index contributed by atoms with van der Waals surface area (Å²) in [5.41, 5.74) is 2.62. The molecule has 3 rings (SSSR count). The molecule has 0 fully saturated rings. The Hall–Kier alpha value is -3.08. The average Bonchev–Trinajstić information content (AvgIpc) is 2.98. The standard InChI is InChI=1S/C21H22N2O3/c1-22-11-10-15(17(14-22)8-9-21(25)26-3)13-20(24)19-12-16-6-4-5-7-18(16)23(19)2/h4-12,14-15H,13H2,1-3H3/b9-8+. The molecule has 5 heteroatoms. The first-order valence-electron chi connectivity index (χ1n) is 8.45. The van der Waals surface area contributed by atoms with Crippen LogP contribution in [0.15, 0.2) is 66.5 Å². The number of fused-ring (bicyclic) bond motifs is 1. The molecule has 0 radical (unpaired) electrons. The van der Waals surface area contributed by atoms with Gasteiger partial charge in [0.15, 0.2) is 5.78 Å². The van der Waals surface area contributed by atoms with Crippen LogP contribution >= 0.6 is 0 Å². The zero-order valence-corrected chi connectivity index (χ0v) is 15.2. The van der Waals surface area contributed by atoms with Crippen LogP contribution in [0.2, 0.25) is 0 Å². The van der Waals surface area contributed by atoms with E-state index in [1.165, 1.54) is 13.2 Å². The van der Waals surface area contributed by atoms with Crippen LogP contribution in [0.3, 0.4) is 0 Å². The number of ether oxygens (including phenoxy) is 1. The van der Waals surface area contributed by atoms with E-state index in [1.54, 1.807) is 6.08 Å². The summed E-state index contributed by atoms with van der Waals surface area (Å²) in [7, 11) is 5.16. The van der Waals surface area contributed by atoms with Crippen molar-refractivity contribution < 1.29 is 14.3 Å². The molecule has 1 aliphatic heterocycles. The normalized spacial score (nSPS) is 17.0. The molecule has 134 valence electrons. The van der Waals surface area contributed by atoms with Gasteiger partial charge in [0, 0.05) is 49.6 Å². The smallest absolute Gasteiger partial charge is 0.330 e. The number of methoxy groups -OCH3 is 1. The first kappa shape index (κ1) is 17.7. The van der Waals surface area contributed by atoms with E-state index in [-0.39, 0.29) is 11.7 Å². The molecule has 2 aromatic rings. The lowest BCUT2D eigenvalue weighted by Crippen LogP contribution is -2.17. The van der Waals surface area contributed by atoms with Crippen molar-refractivity contribution in [3.63, 3.8) is 0 Å². The molecule has 0 spiro atoms. The van der Waals surface area contributed by atoms with E-state index in [0.717, 1.165) is 16.5 Å². The summed E-state index contributed by atoms with van der Waals surface area (Å²) in [5, 5.41) is 1.05. The summed E-state index contributed by atoms with van der Waals surface area (Å²) >= 11 is 0. The molecule has 0 N–H and O–H groups in total. The molecular formula is C21H22N2O3. The Morgan fingerprint density at radius 1 is 1.23 bits per heavy atom. The molecule has 1 unspecified atom stereocenters. The van der Waals surface area contributed by atoms with Gasteiger partial charge in [0.05, 0.1) is 12.8 Å². The van der Waals surface area contributed by atoms with Gasteiger partial charge in [-0.05, 0) is 30.0 Å². The predicted octanol–water partition coefficient (Wildman–Crippen LogP) is 3.44. The summed E-state index contributed by atoms with van der Waals surface area (Å²) in [4.78, 5) is 26.2. The minimum absolute atomic E-state index is 0.0697. The van der Waals surface area contributed by atoms with E-state index < -0.39 is 5.97 Å². The molecule has 26 heavy (non-hydrogen) atoms. The number of carbonyl (C=O) groups excluding carboxylic acids is 2. The Labute approximate surface area is 152 Å². The van der Waals surface area contributed by atoms with Crippen LogP contribution in [0.1, 0.15) is 16.9 Å². The quantitative estimate of drug-likeness (QED) is 0.471. The van der Waals surface area contributed by atoms with Gasteiger partial charge in [-0.3, -0.25) is 4.79 Å². The van der Waals surface area contributed by atoms with Crippen molar-refractivity contribution in [1.29, 1.82) is 0 Å². The highest BCUT2D eigenvalue weighted by atomic mass is 16.5. The second-order valence-electron chi connectivity index (χ2n) is 6.37. The van der Waals surface area contributed by atoms with Crippen molar-refractivity contribution in [1.82, 2.24) is 9.47 Å². The Kier molecular flexibility index (Phi) is 5.07. The summed E-state index contributed by atoms with van der Waals surface area (Å²) in [6.45, 7) is 0. The molecule has 5 nitrogen and oxygen atoms in total. The van der Waals surface area contributed by atoms with Crippen molar-refractivity contribution in [2.24, 2.45) is 13.0 Å². The number of aryl methyl sites for hydroxylation is 1. The van der Waals surface area contributed by atoms with Gasteiger partial charge < -0.3 is 14.2 Å². The maximum Gasteiger partial charge on any atom is 0.330 e. The number of hydrogen-bond acceptors (Lipinski definition) is 4. The van der Waals surface area contributed by atoms with Crippen LogP contribution in [0.25, 0.3) is 10.9 Å². The molecule has 1 atom stereocenters. The number of hydrogen-bond donors (Lipinski definition) is 0. The zero-order chi connectivity index (χ0) is 18.7. The Morgan fingerprint density at radius 2 is 2.00 bits per heavy atom. The first-order chi connectivity index (χ1) is 12.5. The summed E-state index contributed by atoms with van der Waals surface area (Å²) < 4.78 is 6.58. The van der Waals surface area contributed by atoms with Crippen molar-refractivity contribution in [2.45, 2.75) is 6.42 Å². The predicted molar refractivity (Wildman–Crippen MR) is 101 cm³/mol. The molecule has 0 aliphatic carbocycles. The molecule has 1 aromatic heterocycles. The second kappa shape index (κ2) is 7.44. The molecular weight excluding hydrogens is 328 g/mol. The Bertz CT molecular complexity index is 934. The van der Waals surface area contributed by atoms with Crippen molar-refractivity contribution in [3.8, 4) is 0 Å². The fraction of sp³-hybridized carbons (Fsp3) is 0.238. The molecule has 2 heterocycles. The number of nitrogens with zero attached hydrogens (tertiary/aromatic N) is 2. The van der Waals surface area contributed by atoms with Crippen LogP contribution in [-0.4, -0.2) is 35.4 Å². The van der Waals surface area contributed by atoms with Crippen molar-refractivity contribution in [3.05, 3.63) is 72.2 Å². The second-order valence-corrected chi connectivity index (χ2v) is 6.37. The fourth-order valence-corrected chi connectivity index (χ4v) is 3.17. The number of para-hydroxylation sites is 1. The number of aromatic nitrogens is 1. The number of rotatable bonds is 5. The Balaban J connectivity index is 1.83. The molecule has 1 aromatic carbocycles. The summed E-state index contributed by atoms with van der Waals surface area (Å²) in [6.07, 6.45) is 9.26. The lowest BCUT2D eigenvalue weighted by Gasteiger charge is -2.22. The topological polar surface area (TPSA) is 51.5 Å². The van der Waals surface area contributed by atoms with Crippen LogP contribution in [0.4, 0.5) is 0 Å². The van der Waals surface area contributed by atoms with Crippen LogP contribution in [-0.2, 0) is 16.6 Å². The number of esters is 1. The third kappa shape index (κ3) is 3.61. The van der Waals surface area contributed by atoms with E-state index in [2.05, 4.69) is 4.74 Å². The van der Waals surface area contributed by atoms with E-state index in [1.807, 2.05) is 72.4 Å². The zero-order valence-electron chi connectivity index (χ0n) is 15.2. The minimum Gasteiger partial charge on any atom is -0.466 e. The highest BCUT2D eigenvalue weighted by Crippen LogP contribution is 2.27. The highest BCUT2D eigenvalue weighted by molar-refractivity contribution is 6.00. The van der Waals surface area contributed by atoms with Gasteiger partial charge in [-0.25, -0.2) is 4.79 Å². The average molecular weight is 350 g/mol. The van der Waals surface area contributed by atoms with Gasteiger partial charge in [0.1, 0.15) is 0 Å². The third-order valence-corrected chi connectivity index (χ3v) is 4.59. The molecule has 0 bridgehead atoms. The van der Waals surface area contributed by atoms with Gasteiger partial charge in [-0.1, -0.05) is 24.3 Å². The number of ketones is 1. The monoisotopic (exact) mass is 350 g/mol. The number of benzene rings is 1. The Morgan fingerprint density at radius 3 is 2.73 bits per heavy atom. The number of Topliss-reactive ketones (excluding diaryl/α,β-unsaturated/α-hetero) is 1.